The average Bonchev–Trinajstić information content (AvgIpc) is 3.56. The van der Waals surface area contributed by atoms with Crippen molar-refractivity contribution in [2.45, 2.75) is 62.7 Å². The van der Waals surface area contributed by atoms with Crippen LogP contribution in [0.2, 0.25) is 12.6 Å². The standard InChI is InChI=1S/C28H28BF5N6O3S/c1-27(2,3)43-26(41)39-25-38-22-15(7-8-17(30)23(22)44-25)19-18(42-28(32,33)34)11-16(21(36-4)20(19)31)24(37-5)40(6)14-9-10-29(12-14)13-35/h7-8,11,14,36H,5,9-10,12H2,1-4,6H3/b19-15+,24-16+,39-25-. The molecular weight excluding hydrogens is 606 g/mol. The minimum Gasteiger partial charge on any atom is -0.442 e. The molecule has 0 aromatic heterocycles. The second kappa shape index (κ2) is 12.5. The van der Waals surface area contributed by atoms with E-state index in [0.29, 0.717) is 30.8 Å². The first kappa shape index (κ1) is 32.8. The van der Waals surface area contributed by atoms with Crippen LogP contribution in [-0.4, -0.2) is 61.7 Å². The topological polar surface area (TPSA) is 112 Å². The van der Waals surface area contributed by atoms with E-state index >= 15 is 4.39 Å². The van der Waals surface area contributed by atoms with Crippen LogP contribution >= 0.6 is 11.8 Å². The van der Waals surface area contributed by atoms with E-state index in [0.717, 1.165) is 18.2 Å². The van der Waals surface area contributed by atoms with Gasteiger partial charge in [-0.25, -0.2) is 28.8 Å². The SMILES string of the molecule is C=N/C(=c1/cc(OC(F)(F)F)/c(=c2/ccc(F)c3c2=N/C(=N/C(=O)OC(C)(C)C)S3)c(F)c1NC)N(C)C1CCB(C#N)C1. The van der Waals surface area contributed by atoms with Gasteiger partial charge in [0.05, 0.1) is 21.2 Å². The van der Waals surface area contributed by atoms with Crippen LogP contribution in [0.15, 0.2) is 38.1 Å². The Morgan fingerprint density at radius 1 is 1.30 bits per heavy atom. The maximum atomic E-state index is 16.5. The summed E-state index contributed by atoms with van der Waals surface area (Å²) in [6.07, 6.45) is -4.52. The number of nitrogens with zero attached hydrogens (tertiary/aromatic N) is 5. The Bertz CT molecular complexity index is 1810. The normalized spacial score (nSPS) is 18.7. The van der Waals surface area contributed by atoms with E-state index < -0.39 is 40.7 Å². The Morgan fingerprint density at radius 3 is 2.57 bits per heavy atom. The van der Waals surface area contributed by atoms with Crippen LogP contribution in [-0.2, 0) is 4.74 Å². The van der Waals surface area contributed by atoms with E-state index in [1.165, 1.54) is 7.05 Å². The Balaban J connectivity index is 2.08. The molecule has 1 N–H and O–H groups in total. The molecule has 9 nitrogen and oxygen atoms in total. The highest BCUT2D eigenvalue weighted by molar-refractivity contribution is 8.14. The third kappa shape index (κ3) is 6.98. The van der Waals surface area contributed by atoms with Crippen molar-refractivity contribution in [2.24, 2.45) is 15.0 Å². The second-order valence-corrected chi connectivity index (χ2v) is 12.0. The molecule has 0 aliphatic carbocycles. The van der Waals surface area contributed by atoms with Crippen LogP contribution in [0.1, 0.15) is 27.2 Å². The number of nitrogens with one attached hydrogen (secondary N) is 1. The zero-order valence-electron chi connectivity index (χ0n) is 24.5. The number of fused-ring (bicyclic) bond motifs is 1. The summed E-state index contributed by atoms with van der Waals surface area (Å²) in [5, 5.41) is 10.5. The number of ether oxygens (including phenoxy) is 2. The molecule has 1 fully saturated rings. The number of amidine groups is 1. The fraction of sp³-hybridized carbons (Fsp3) is 0.393. The third-order valence-corrected chi connectivity index (χ3v) is 7.86. The molecule has 2 aromatic carbocycles. The number of amides is 1. The molecule has 0 saturated carbocycles. The van der Waals surface area contributed by atoms with Crippen LogP contribution < -0.4 is 20.6 Å². The molecular formula is C28H28BF5N6O3S. The molecule has 2 aliphatic heterocycles. The predicted molar refractivity (Wildman–Crippen MR) is 157 cm³/mol. The van der Waals surface area contributed by atoms with Crippen molar-refractivity contribution in [3.8, 4) is 11.7 Å². The highest BCUT2D eigenvalue weighted by atomic mass is 32.2. The third-order valence-electron chi connectivity index (χ3n) is 6.90. The molecule has 0 bridgehead atoms. The summed E-state index contributed by atoms with van der Waals surface area (Å²) in [7, 11) is 3.01. The van der Waals surface area contributed by atoms with Crippen molar-refractivity contribution in [2.75, 3.05) is 19.4 Å². The minimum absolute atomic E-state index is 0.0618. The zero-order chi connectivity index (χ0) is 32.6. The lowest BCUT2D eigenvalue weighted by Gasteiger charge is -2.27. The number of aliphatic imine (C=N–C) groups is 2. The van der Waals surface area contributed by atoms with E-state index in [1.807, 2.05) is 0 Å². The largest absolute Gasteiger partial charge is 0.573 e. The number of thioether (sulfide) groups is 1. The van der Waals surface area contributed by atoms with Gasteiger partial charge in [0.1, 0.15) is 23.0 Å². The number of alkyl halides is 3. The summed E-state index contributed by atoms with van der Waals surface area (Å²) in [6.45, 7) is 8.19. The van der Waals surface area contributed by atoms with Gasteiger partial charge in [-0.15, -0.1) is 18.2 Å². The number of halogens is 5. The van der Waals surface area contributed by atoms with Crippen molar-refractivity contribution in [3.63, 3.8) is 0 Å². The fourth-order valence-corrected chi connectivity index (χ4v) is 5.92. The molecule has 1 atom stereocenters. The van der Waals surface area contributed by atoms with E-state index in [9.17, 15) is 27.6 Å². The smallest absolute Gasteiger partial charge is 0.442 e. The quantitative estimate of drug-likeness (QED) is 0.272. The minimum atomic E-state index is -5.24. The van der Waals surface area contributed by atoms with Crippen molar-refractivity contribution in [3.05, 3.63) is 50.8 Å². The van der Waals surface area contributed by atoms with Crippen molar-refractivity contribution in [1.29, 1.82) is 5.26 Å². The summed E-state index contributed by atoms with van der Waals surface area (Å²) in [5.74, 6) is -0.632. The molecule has 2 aromatic rings. The van der Waals surface area contributed by atoms with Crippen molar-refractivity contribution in [1.82, 2.24) is 4.90 Å². The first-order valence-electron chi connectivity index (χ1n) is 13.4. The van der Waals surface area contributed by atoms with Crippen LogP contribution in [0.5, 0.6) is 5.75 Å². The summed E-state index contributed by atoms with van der Waals surface area (Å²) >= 11 is 0.642. The Labute approximate surface area is 253 Å². The van der Waals surface area contributed by atoms with Gasteiger partial charge in [0.25, 0.3) is 6.71 Å². The molecule has 44 heavy (non-hydrogen) atoms. The van der Waals surface area contributed by atoms with Gasteiger partial charge in [-0.1, -0.05) is 6.32 Å². The van der Waals surface area contributed by atoms with E-state index in [2.05, 4.69) is 37.7 Å². The van der Waals surface area contributed by atoms with Gasteiger partial charge < -0.3 is 19.7 Å². The molecule has 4 rings (SSSR count). The molecule has 1 saturated heterocycles. The van der Waals surface area contributed by atoms with E-state index in [-0.39, 0.29) is 50.1 Å². The van der Waals surface area contributed by atoms with Gasteiger partial charge in [0.15, 0.2) is 11.0 Å². The van der Waals surface area contributed by atoms with Crippen LogP contribution in [0, 0.1) is 33.3 Å². The zero-order valence-corrected chi connectivity index (χ0v) is 25.3. The van der Waals surface area contributed by atoms with Gasteiger partial charge >= 0.3 is 12.5 Å². The molecule has 2 aliphatic rings. The Hall–Kier alpha value is -4.13. The van der Waals surface area contributed by atoms with E-state index in [4.69, 9.17) is 4.74 Å². The number of hydrogen-bond donors (Lipinski definition) is 1. The molecule has 2 heterocycles. The van der Waals surface area contributed by atoms with Crippen LogP contribution in [0.4, 0.5) is 32.4 Å². The number of hydrogen-bond acceptors (Lipinski definition) is 8. The second-order valence-electron chi connectivity index (χ2n) is 11.0. The van der Waals surface area contributed by atoms with Gasteiger partial charge in [0.2, 0.25) is 0 Å². The number of anilines is 1. The van der Waals surface area contributed by atoms with Gasteiger partial charge in [0, 0.05) is 36.5 Å². The lowest BCUT2D eigenvalue weighted by Crippen LogP contribution is -2.32. The molecule has 1 unspecified atom stereocenters. The number of nitriles is 1. The molecule has 0 spiro atoms. The number of rotatable bonds is 5. The predicted octanol–water partition coefficient (Wildman–Crippen LogP) is 5.24. The average molecular weight is 634 g/mol. The van der Waals surface area contributed by atoms with Crippen molar-refractivity contribution >= 4 is 48.0 Å². The first-order chi connectivity index (χ1) is 20.6. The molecule has 0 radical (unpaired) electrons. The highest BCUT2D eigenvalue weighted by Gasteiger charge is 2.34. The monoisotopic (exact) mass is 634 g/mol. The lowest BCUT2D eigenvalue weighted by atomic mass is 9.50. The molecule has 1 amide bonds. The van der Waals surface area contributed by atoms with E-state index in [1.54, 1.807) is 32.7 Å². The Morgan fingerprint density at radius 2 is 2.00 bits per heavy atom. The fourth-order valence-electron chi connectivity index (χ4n) is 5.07. The van der Waals surface area contributed by atoms with Crippen molar-refractivity contribution < 1.29 is 36.2 Å². The Kier molecular flexibility index (Phi) is 9.29. The maximum absolute atomic E-state index is 16.5. The summed E-state index contributed by atoms with van der Waals surface area (Å²) in [5.41, 5.74) is -1.12. The summed E-state index contributed by atoms with van der Waals surface area (Å²) < 4.78 is 82.0. The van der Waals surface area contributed by atoms with Gasteiger partial charge in [-0.05, 0) is 70.2 Å². The van der Waals surface area contributed by atoms with Gasteiger partial charge in [-0.3, -0.25) is 0 Å². The number of carbonyl (C=O) groups excluding carboxylic acids is 1. The maximum Gasteiger partial charge on any atom is 0.573 e. The number of benzene rings is 2. The summed E-state index contributed by atoms with van der Waals surface area (Å²) in [4.78, 5) is 25.6. The molecule has 232 valence electrons. The highest BCUT2D eigenvalue weighted by Crippen LogP contribution is 2.31. The van der Waals surface area contributed by atoms with Crippen LogP contribution in [0.3, 0.4) is 0 Å². The number of carbonyl (C=O) groups is 1. The molecule has 16 heteroatoms. The van der Waals surface area contributed by atoms with Gasteiger partial charge in [-0.2, -0.15) is 0 Å². The first-order valence-corrected chi connectivity index (χ1v) is 14.2. The summed E-state index contributed by atoms with van der Waals surface area (Å²) in [6, 6.07) is 2.79. The lowest BCUT2D eigenvalue weighted by molar-refractivity contribution is -0.275. The van der Waals surface area contributed by atoms with Crippen LogP contribution in [0.25, 0.3) is 5.82 Å².